The lowest BCUT2D eigenvalue weighted by atomic mass is 10.2. The number of nitrogens with one attached hydrogen (secondary N) is 2. The lowest BCUT2D eigenvalue weighted by Gasteiger charge is -2.11. The molecule has 0 saturated carbocycles. The molecule has 0 aliphatic carbocycles. The van der Waals surface area contributed by atoms with Crippen molar-refractivity contribution in [3.63, 3.8) is 0 Å². The molecule has 1 saturated heterocycles. The van der Waals surface area contributed by atoms with Gasteiger partial charge in [0.25, 0.3) is 0 Å². The van der Waals surface area contributed by atoms with Crippen LogP contribution in [0.15, 0.2) is 24.3 Å². The molecule has 1 aliphatic rings. The first-order valence-corrected chi connectivity index (χ1v) is 6.54. The molecular weight excluding hydrogens is 252 g/mol. The van der Waals surface area contributed by atoms with Crippen LogP contribution in [0.5, 0.6) is 0 Å². The highest BCUT2D eigenvalue weighted by Gasteiger charge is 2.15. The lowest BCUT2D eigenvalue weighted by Crippen LogP contribution is -2.31. The smallest absolute Gasteiger partial charge is 0.319 e. The molecule has 18 heavy (non-hydrogen) atoms. The summed E-state index contributed by atoms with van der Waals surface area (Å²) in [4.78, 5) is 11.6. The Morgan fingerprint density at radius 2 is 2.39 bits per heavy atom. The fraction of sp³-hybridized carbons (Fsp3) is 0.462. The van der Waals surface area contributed by atoms with Crippen molar-refractivity contribution in [2.24, 2.45) is 0 Å². The van der Waals surface area contributed by atoms with Crippen molar-refractivity contribution >= 4 is 23.3 Å². The van der Waals surface area contributed by atoms with E-state index in [1.807, 2.05) is 0 Å². The van der Waals surface area contributed by atoms with Gasteiger partial charge in [-0.1, -0.05) is 17.7 Å². The summed E-state index contributed by atoms with van der Waals surface area (Å²) in [5, 5.41) is 6.14. The van der Waals surface area contributed by atoms with Crippen LogP contribution in [0.2, 0.25) is 5.02 Å². The Morgan fingerprint density at radius 1 is 1.50 bits per heavy atom. The molecule has 1 atom stereocenters. The second-order valence-corrected chi connectivity index (χ2v) is 4.75. The van der Waals surface area contributed by atoms with Gasteiger partial charge in [0, 0.05) is 23.9 Å². The van der Waals surface area contributed by atoms with Gasteiger partial charge >= 0.3 is 6.03 Å². The molecule has 2 rings (SSSR count). The van der Waals surface area contributed by atoms with E-state index >= 15 is 0 Å². The van der Waals surface area contributed by atoms with Crippen LogP contribution >= 0.6 is 11.6 Å². The predicted octanol–water partition coefficient (Wildman–Crippen LogP) is 3.03. The summed E-state index contributed by atoms with van der Waals surface area (Å²) in [6.45, 7) is 1.47. The third-order valence-electron chi connectivity index (χ3n) is 2.86. The number of carbonyl (C=O) groups excluding carboxylic acids is 1. The molecule has 5 heteroatoms. The number of ether oxygens (including phenoxy) is 1. The van der Waals surface area contributed by atoms with Gasteiger partial charge in [-0.2, -0.15) is 0 Å². The molecule has 0 aromatic heterocycles. The van der Waals surface area contributed by atoms with Crippen LogP contribution in [0.1, 0.15) is 19.3 Å². The molecule has 2 N–H and O–H groups in total. The van der Waals surface area contributed by atoms with Crippen molar-refractivity contribution in [1.82, 2.24) is 5.32 Å². The van der Waals surface area contributed by atoms with E-state index in [0.29, 0.717) is 23.4 Å². The second kappa shape index (κ2) is 6.61. The van der Waals surface area contributed by atoms with Gasteiger partial charge in [0.15, 0.2) is 0 Å². The molecule has 98 valence electrons. The number of hydrogen-bond donors (Lipinski definition) is 2. The molecule has 1 aromatic carbocycles. The monoisotopic (exact) mass is 268 g/mol. The molecule has 0 spiro atoms. The molecule has 1 aromatic rings. The maximum absolute atomic E-state index is 11.6. The van der Waals surface area contributed by atoms with Crippen LogP contribution in [0.3, 0.4) is 0 Å². The maximum atomic E-state index is 11.6. The summed E-state index contributed by atoms with van der Waals surface area (Å²) < 4.78 is 5.48. The summed E-state index contributed by atoms with van der Waals surface area (Å²) >= 11 is 5.83. The Labute approximate surface area is 112 Å². The summed E-state index contributed by atoms with van der Waals surface area (Å²) in [6, 6.07) is 6.86. The van der Waals surface area contributed by atoms with E-state index in [9.17, 15) is 4.79 Å². The van der Waals surface area contributed by atoms with Gasteiger partial charge in [-0.05, 0) is 37.5 Å². The number of anilines is 1. The number of urea groups is 1. The van der Waals surface area contributed by atoms with Crippen molar-refractivity contribution in [2.75, 3.05) is 18.5 Å². The normalized spacial score (nSPS) is 18.6. The number of amides is 2. The third kappa shape index (κ3) is 4.20. The van der Waals surface area contributed by atoms with Gasteiger partial charge in [0.2, 0.25) is 0 Å². The first-order chi connectivity index (χ1) is 8.74. The Balaban J connectivity index is 1.68. The van der Waals surface area contributed by atoms with Crippen molar-refractivity contribution in [2.45, 2.75) is 25.4 Å². The standard InChI is InChI=1S/C13H17ClN2O2/c14-10-3-1-4-11(9-10)16-13(17)15-7-6-12-5-2-8-18-12/h1,3-4,9,12H,2,5-8H2,(H2,15,16,17)/t12-/m0/s1. The minimum atomic E-state index is -0.213. The average Bonchev–Trinajstić information content (AvgIpc) is 2.82. The Hall–Kier alpha value is -1.26. The van der Waals surface area contributed by atoms with Crippen LogP contribution < -0.4 is 10.6 Å². The van der Waals surface area contributed by atoms with Gasteiger partial charge in [-0.15, -0.1) is 0 Å². The summed E-state index contributed by atoms with van der Waals surface area (Å²) in [6.07, 6.45) is 3.39. The largest absolute Gasteiger partial charge is 0.378 e. The minimum absolute atomic E-state index is 0.213. The Kier molecular flexibility index (Phi) is 4.84. The van der Waals surface area contributed by atoms with Gasteiger partial charge < -0.3 is 15.4 Å². The van der Waals surface area contributed by atoms with Crippen LogP contribution in [0.25, 0.3) is 0 Å². The highest BCUT2D eigenvalue weighted by atomic mass is 35.5. The lowest BCUT2D eigenvalue weighted by molar-refractivity contribution is 0.105. The number of carbonyl (C=O) groups is 1. The molecule has 2 amide bonds. The van der Waals surface area contributed by atoms with Crippen molar-refractivity contribution < 1.29 is 9.53 Å². The van der Waals surface area contributed by atoms with Crippen molar-refractivity contribution in [3.8, 4) is 0 Å². The quantitative estimate of drug-likeness (QED) is 0.882. The third-order valence-corrected chi connectivity index (χ3v) is 3.09. The summed E-state index contributed by atoms with van der Waals surface area (Å²) in [5.74, 6) is 0. The zero-order valence-corrected chi connectivity index (χ0v) is 10.9. The Morgan fingerprint density at radius 3 is 3.11 bits per heavy atom. The molecule has 0 radical (unpaired) electrons. The van der Waals surface area contributed by atoms with E-state index < -0.39 is 0 Å². The molecular formula is C13H17ClN2O2. The van der Waals surface area contributed by atoms with Gasteiger partial charge in [0.05, 0.1) is 6.10 Å². The fourth-order valence-electron chi connectivity index (χ4n) is 1.96. The van der Waals surface area contributed by atoms with Gasteiger partial charge in [0.1, 0.15) is 0 Å². The van der Waals surface area contributed by atoms with E-state index in [1.54, 1.807) is 24.3 Å². The average molecular weight is 269 g/mol. The van der Waals surface area contributed by atoms with E-state index in [1.165, 1.54) is 0 Å². The first-order valence-electron chi connectivity index (χ1n) is 6.16. The van der Waals surface area contributed by atoms with E-state index in [4.69, 9.17) is 16.3 Å². The summed E-state index contributed by atoms with van der Waals surface area (Å²) in [5.41, 5.74) is 0.692. The molecule has 1 heterocycles. The minimum Gasteiger partial charge on any atom is -0.378 e. The second-order valence-electron chi connectivity index (χ2n) is 4.31. The number of halogens is 1. The topological polar surface area (TPSA) is 50.4 Å². The van der Waals surface area contributed by atoms with E-state index in [0.717, 1.165) is 25.9 Å². The maximum Gasteiger partial charge on any atom is 0.319 e. The zero-order chi connectivity index (χ0) is 12.8. The molecule has 1 aliphatic heterocycles. The molecule has 1 fully saturated rings. The number of benzene rings is 1. The fourth-order valence-corrected chi connectivity index (χ4v) is 2.15. The SMILES string of the molecule is O=C(NCC[C@@H]1CCCO1)Nc1cccc(Cl)c1. The summed E-state index contributed by atoms with van der Waals surface area (Å²) in [7, 11) is 0. The first kappa shape index (κ1) is 13.2. The zero-order valence-electron chi connectivity index (χ0n) is 10.1. The van der Waals surface area contributed by atoms with E-state index in [-0.39, 0.29) is 6.03 Å². The van der Waals surface area contributed by atoms with Crippen LogP contribution in [0, 0.1) is 0 Å². The molecule has 4 nitrogen and oxygen atoms in total. The van der Waals surface area contributed by atoms with Gasteiger partial charge in [-0.25, -0.2) is 4.79 Å². The Bertz CT molecular complexity index is 406. The van der Waals surface area contributed by atoms with Crippen molar-refractivity contribution in [1.29, 1.82) is 0 Å². The predicted molar refractivity (Wildman–Crippen MR) is 72.1 cm³/mol. The molecule has 0 bridgehead atoms. The number of hydrogen-bond acceptors (Lipinski definition) is 2. The van der Waals surface area contributed by atoms with Crippen LogP contribution in [-0.2, 0) is 4.74 Å². The highest BCUT2D eigenvalue weighted by Crippen LogP contribution is 2.15. The molecule has 0 unspecified atom stereocenters. The number of rotatable bonds is 4. The van der Waals surface area contributed by atoms with E-state index in [2.05, 4.69) is 10.6 Å². The van der Waals surface area contributed by atoms with Crippen molar-refractivity contribution in [3.05, 3.63) is 29.3 Å². The van der Waals surface area contributed by atoms with Crippen LogP contribution in [0.4, 0.5) is 10.5 Å². The van der Waals surface area contributed by atoms with Gasteiger partial charge in [-0.3, -0.25) is 0 Å². The van der Waals surface area contributed by atoms with Crippen LogP contribution in [-0.4, -0.2) is 25.3 Å². The highest BCUT2D eigenvalue weighted by molar-refractivity contribution is 6.30.